The lowest BCUT2D eigenvalue weighted by molar-refractivity contribution is -0.120. The van der Waals surface area contributed by atoms with E-state index in [4.69, 9.17) is 0 Å². The van der Waals surface area contributed by atoms with Crippen molar-refractivity contribution >= 4 is 11.7 Å². The summed E-state index contributed by atoms with van der Waals surface area (Å²) >= 11 is 0. The number of hydrogen-bond donors (Lipinski definition) is 1. The lowest BCUT2D eigenvalue weighted by Gasteiger charge is -2.29. The highest BCUT2D eigenvalue weighted by Gasteiger charge is 2.16. The quantitative estimate of drug-likeness (QED) is 0.675. The number of pyridine rings is 1. The van der Waals surface area contributed by atoms with Crippen molar-refractivity contribution in [3.8, 4) is 11.1 Å². The number of anilines is 1. The molecule has 4 heteroatoms. The molecule has 1 N–H and O–H groups in total. The Bertz CT molecular complexity index is 932. The van der Waals surface area contributed by atoms with Gasteiger partial charge in [-0.05, 0) is 42.0 Å². The van der Waals surface area contributed by atoms with Crippen LogP contribution in [0.5, 0.6) is 0 Å². The molecule has 29 heavy (non-hydrogen) atoms. The third kappa shape index (κ3) is 5.02. The van der Waals surface area contributed by atoms with Crippen molar-refractivity contribution in [3.63, 3.8) is 0 Å². The van der Waals surface area contributed by atoms with Crippen LogP contribution in [0.2, 0.25) is 0 Å². The van der Waals surface area contributed by atoms with E-state index in [0.717, 1.165) is 35.6 Å². The fourth-order valence-corrected chi connectivity index (χ4v) is 3.85. The van der Waals surface area contributed by atoms with Crippen molar-refractivity contribution in [2.75, 3.05) is 18.0 Å². The van der Waals surface area contributed by atoms with Crippen LogP contribution in [0.1, 0.15) is 30.4 Å². The molecule has 4 nitrogen and oxygen atoms in total. The second kappa shape index (κ2) is 9.37. The molecule has 0 saturated carbocycles. The number of rotatable bonds is 6. The van der Waals surface area contributed by atoms with E-state index in [2.05, 4.69) is 45.5 Å². The van der Waals surface area contributed by atoms with Gasteiger partial charge in [-0.25, -0.2) is 4.98 Å². The maximum absolute atomic E-state index is 12.5. The van der Waals surface area contributed by atoms with Crippen molar-refractivity contribution in [2.24, 2.45) is 0 Å². The smallest absolute Gasteiger partial charge is 0.224 e. The molecule has 1 aromatic heterocycles. The number of hydrogen-bond acceptors (Lipinski definition) is 3. The molecule has 1 aliphatic rings. The van der Waals surface area contributed by atoms with Crippen LogP contribution in [0.3, 0.4) is 0 Å². The minimum absolute atomic E-state index is 0.0332. The SMILES string of the molecule is O=C(Cc1ccc(-c2ccccc2)cc1)NCc1cccnc1N1CCCCC1. The molecule has 1 fully saturated rings. The Kier molecular flexibility index (Phi) is 6.20. The van der Waals surface area contributed by atoms with Gasteiger partial charge in [0, 0.05) is 31.4 Å². The van der Waals surface area contributed by atoms with E-state index >= 15 is 0 Å². The monoisotopic (exact) mass is 385 g/mol. The molecule has 4 rings (SSSR count). The summed E-state index contributed by atoms with van der Waals surface area (Å²) in [6, 6.07) is 22.5. The van der Waals surface area contributed by atoms with E-state index in [1.807, 2.05) is 42.6 Å². The molecule has 1 aliphatic heterocycles. The Labute approximate surface area is 172 Å². The first-order valence-corrected chi connectivity index (χ1v) is 10.4. The number of nitrogens with one attached hydrogen (secondary N) is 1. The van der Waals surface area contributed by atoms with Crippen molar-refractivity contribution in [3.05, 3.63) is 84.1 Å². The summed E-state index contributed by atoms with van der Waals surface area (Å²) in [5.74, 6) is 1.05. The van der Waals surface area contributed by atoms with Gasteiger partial charge in [0.15, 0.2) is 0 Å². The Balaban J connectivity index is 1.35. The average Bonchev–Trinajstić information content (AvgIpc) is 2.80. The van der Waals surface area contributed by atoms with Crippen molar-refractivity contribution in [2.45, 2.75) is 32.2 Å². The van der Waals surface area contributed by atoms with E-state index in [0.29, 0.717) is 13.0 Å². The number of benzene rings is 2. The Hall–Kier alpha value is -3.14. The number of carbonyl (C=O) groups is 1. The van der Waals surface area contributed by atoms with Gasteiger partial charge in [0.25, 0.3) is 0 Å². The van der Waals surface area contributed by atoms with Crippen LogP contribution in [0.4, 0.5) is 5.82 Å². The molecule has 2 aromatic carbocycles. The average molecular weight is 386 g/mol. The molecule has 0 bridgehead atoms. The summed E-state index contributed by atoms with van der Waals surface area (Å²) in [7, 11) is 0. The molecule has 1 saturated heterocycles. The maximum Gasteiger partial charge on any atom is 0.224 e. The molecule has 3 aromatic rings. The van der Waals surface area contributed by atoms with Crippen molar-refractivity contribution < 1.29 is 4.79 Å². The van der Waals surface area contributed by atoms with Crippen LogP contribution >= 0.6 is 0 Å². The zero-order valence-electron chi connectivity index (χ0n) is 16.7. The number of carbonyl (C=O) groups excluding carboxylic acids is 1. The predicted octanol–water partition coefficient (Wildman–Crippen LogP) is 4.60. The minimum atomic E-state index is 0.0332. The number of nitrogens with zero attached hydrogens (tertiary/aromatic N) is 2. The van der Waals surface area contributed by atoms with Gasteiger partial charge < -0.3 is 10.2 Å². The lowest BCUT2D eigenvalue weighted by Crippen LogP contribution is -2.32. The van der Waals surface area contributed by atoms with Gasteiger partial charge in [-0.2, -0.15) is 0 Å². The summed E-state index contributed by atoms with van der Waals surface area (Å²) in [5, 5.41) is 3.07. The fourth-order valence-electron chi connectivity index (χ4n) is 3.85. The predicted molar refractivity (Wildman–Crippen MR) is 118 cm³/mol. The van der Waals surface area contributed by atoms with Crippen molar-refractivity contribution in [1.82, 2.24) is 10.3 Å². The zero-order chi connectivity index (χ0) is 19.9. The first kappa shape index (κ1) is 19.2. The summed E-state index contributed by atoms with van der Waals surface area (Å²) in [5.41, 5.74) is 4.45. The summed E-state index contributed by atoms with van der Waals surface area (Å²) in [6.45, 7) is 2.61. The molecular formula is C25H27N3O. The largest absolute Gasteiger partial charge is 0.356 e. The molecule has 0 aliphatic carbocycles. The standard InChI is InChI=1S/C25H27N3O/c29-24(18-20-11-13-22(14-12-20)21-8-3-1-4-9-21)27-19-23-10-7-15-26-25(23)28-16-5-2-6-17-28/h1,3-4,7-15H,2,5-6,16-19H2,(H,27,29). The van der Waals surface area contributed by atoms with Gasteiger partial charge in [0.1, 0.15) is 5.82 Å². The highest BCUT2D eigenvalue weighted by atomic mass is 16.1. The van der Waals surface area contributed by atoms with E-state index in [-0.39, 0.29) is 5.91 Å². The normalized spacial score (nSPS) is 13.9. The van der Waals surface area contributed by atoms with E-state index < -0.39 is 0 Å². The molecule has 0 atom stereocenters. The minimum Gasteiger partial charge on any atom is -0.356 e. The summed E-state index contributed by atoms with van der Waals surface area (Å²) in [4.78, 5) is 19.4. The van der Waals surface area contributed by atoms with Gasteiger partial charge in [-0.15, -0.1) is 0 Å². The Morgan fingerprint density at radius 2 is 1.59 bits per heavy atom. The van der Waals surface area contributed by atoms with E-state index in [9.17, 15) is 4.79 Å². The van der Waals surface area contributed by atoms with Gasteiger partial charge in [0.05, 0.1) is 6.42 Å². The summed E-state index contributed by atoms with van der Waals surface area (Å²) in [6.07, 6.45) is 5.93. The molecule has 0 spiro atoms. The Morgan fingerprint density at radius 3 is 2.34 bits per heavy atom. The lowest BCUT2D eigenvalue weighted by atomic mass is 10.0. The first-order valence-electron chi connectivity index (χ1n) is 10.4. The van der Waals surface area contributed by atoms with Gasteiger partial charge in [0.2, 0.25) is 5.91 Å². The van der Waals surface area contributed by atoms with Gasteiger partial charge in [-0.3, -0.25) is 4.79 Å². The number of piperidine rings is 1. The molecular weight excluding hydrogens is 358 g/mol. The molecule has 1 amide bonds. The highest BCUT2D eigenvalue weighted by molar-refractivity contribution is 5.79. The topological polar surface area (TPSA) is 45.2 Å². The van der Waals surface area contributed by atoms with Gasteiger partial charge >= 0.3 is 0 Å². The molecule has 148 valence electrons. The number of amides is 1. The zero-order valence-corrected chi connectivity index (χ0v) is 16.7. The van der Waals surface area contributed by atoms with E-state index in [1.165, 1.54) is 24.8 Å². The highest BCUT2D eigenvalue weighted by Crippen LogP contribution is 2.22. The fraction of sp³-hybridized carbons (Fsp3) is 0.280. The number of aromatic nitrogens is 1. The maximum atomic E-state index is 12.5. The second-order valence-corrected chi connectivity index (χ2v) is 7.55. The molecule has 0 radical (unpaired) electrons. The third-order valence-corrected chi connectivity index (χ3v) is 5.42. The van der Waals surface area contributed by atoms with Crippen LogP contribution < -0.4 is 10.2 Å². The van der Waals surface area contributed by atoms with Crippen LogP contribution in [-0.4, -0.2) is 24.0 Å². The van der Waals surface area contributed by atoms with Gasteiger partial charge in [-0.1, -0.05) is 60.7 Å². The van der Waals surface area contributed by atoms with Crippen LogP contribution in [0.15, 0.2) is 72.9 Å². The Morgan fingerprint density at radius 1 is 0.862 bits per heavy atom. The second-order valence-electron chi connectivity index (χ2n) is 7.55. The van der Waals surface area contributed by atoms with Crippen LogP contribution in [-0.2, 0) is 17.8 Å². The summed E-state index contributed by atoms with van der Waals surface area (Å²) < 4.78 is 0. The molecule has 2 heterocycles. The van der Waals surface area contributed by atoms with Crippen molar-refractivity contribution in [1.29, 1.82) is 0 Å². The third-order valence-electron chi connectivity index (χ3n) is 5.42. The van der Waals surface area contributed by atoms with E-state index in [1.54, 1.807) is 0 Å². The van der Waals surface area contributed by atoms with Crippen LogP contribution in [0, 0.1) is 0 Å². The first-order chi connectivity index (χ1) is 14.3. The van der Waals surface area contributed by atoms with Crippen LogP contribution in [0.25, 0.3) is 11.1 Å². The molecule has 0 unspecified atom stereocenters.